The summed E-state index contributed by atoms with van der Waals surface area (Å²) >= 11 is 0. The lowest BCUT2D eigenvalue weighted by Gasteiger charge is -2.34. The van der Waals surface area contributed by atoms with Crippen LogP contribution in [0.5, 0.6) is 0 Å². The second-order valence-corrected chi connectivity index (χ2v) is 6.18. The monoisotopic (exact) mass is 387 g/mol. The molecule has 6 N–H and O–H groups in total. The van der Waals surface area contributed by atoms with E-state index < -0.39 is 28.6 Å². The number of nitrogens with one attached hydrogen (secondary N) is 1. The van der Waals surface area contributed by atoms with Gasteiger partial charge < -0.3 is 30.8 Å². The SMILES string of the molecule is CCn1cc(C(=O)O)c(=O)c2cc(F)c(N3CCNC(C)C3)c(F)c21.O.O. The summed E-state index contributed by atoms with van der Waals surface area (Å²) in [5.41, 5.74) is -1.63. The van der Waals surface area contributed by atoms with Gasteiger partial charge in [0.15, 0.2) is 5.82 Å². The average Bonchev–Trinajstić information content (AvgIpc) is 2.55. The molecule has 27 heavy (non-hydrogen) atoms. The average molecular weight is 387 g/mol. The Morgan fingerprint density at radius 3 is 2.59 bits per heavy atom. The first-order valence-electron chi connectivity index (χ1n) is 8.11. The number of carboxylic acids is 1. The zero-order valence-electron chi connectivity index (χ0n) is 15.0. The minimum Gasteiger partial charge on any atom is -0.477 e. The molecular formula is C17H23F2N3O5. The second kappa shape index (κ2) is 8.42. The number of hydrogen-bond donors (Lipinski definition) is 2. The van der Waals surface area contributed by atoms with Crippen LogP contribution in [0, 0.1) is 11.6 Å². The van der Waals surface area contributed by atoms with Gasteiger partial charge in [-0.2, -0.15) is 0 Å². The van der Waals surface area contributed by atoms with Gasteiger partial charge in [-0.15, -0.1) is 0 Å². The summed E-state index contributed by atoms with van der Waals surface area (Å²) in [6.07, 6.45) is 1.11. The molecule has 2 heterocycles. The van der Waals surface area contributed by atoms with Crippen molar-refractivity contribution in [1.29, 1.82) is 0 Å². The van der Waals surface area contributed by atoms with Crippen LogP contribution in [0.4, 0.5) is 14.5 Å². The van der Waals surface area contributed by atoms with E-state index in [-0.39, 0.29) is 40.1 Å². The lowest BCUT2D eigenvalue weighted by atomic mass is 10.1. The predicted octanol–water partition coefficient (Wildman–Crippen LogP) is 0.146. The molecule has 0 radical (unpaired) electrons. The van der Waals surface area contributed by atoms with Crippen LogP contribution in [-0.2, 0) is 6.54 Å². The first kappa shape index (κ1) is 22.5. The molecule has 1 aliphatic rings. The number of halogens is 2. The smallest absolute Gasteiger partial charge is 0.341 e. The molecule has 1 aliphatic heterocycles. The minimum absolute atomic E-state index is 0. The molecule has 2 aromatic rings. The van der Waals surface area contributed by atoms with E-state index in [0.29, 0.717) is 19.6 Å². The number of aryl methyl sites for hydroxylation is 1. The normalized spacial score (nSPS) is 16.6. The van der Waals surface area contributed by atoms with Gasteiger partial charge in [-0.3, -0.25) is 4.79 Å². The maximum Gasteiger partial charge on any atom is 0.341 e. The van der Waals surface area contributed by atoms with Gasteiger partial charge in [0.2, 0.25) is 5.43 Å². The predicted molar refractivity (Wildman–Crippen MR) is 97.7 cm³/mol. The van der Waals surface area contributed by atoms with E-state index in [2.05, 4.69) is 5.32 Å². The van der Waals surface area contributed by atoms with E-state index in [1.54, 1.807) is 11.8 Å². The highest BCUT2D eigenvalue weighted by Gasteiger charge is 2.26. The number of piperazine rings is 1. The van der Waals surface area contributed by atoms with Crippen molar-refractivity contribution in [1.82, 2.24) is 9.88 Å². The van der Waals surface area contributed by atoms with E-state index in [9.17, 15) is 14.0 Å². The number of carbonyl (C=O) groups is 1. The molecule has 1 aromatic heterocycles. The zero-order valence-corrected chi connectivity index (χ0v) is 15.0. The summed E-state index contributed by atoms with van der Waals surface area (Å²) in [7, 11) is 0. The molecule has 1 atom stereocenters. The van der Waals surface area contributed by atoms with Crippen molar-refractivity contribution < 1.29 is 29.6 Å². The third kappa shape index (κ3) is 3.77. The van der Waals surface area contributed by atoms with Gasteiger partial charge in [0.05, 0.1) is 10.9 Å². The van der Waals surface area contributed by atoms with Crippen LogP contribution in [0.2, 0.25) is 0 Å². The maximum atomic E-state index is 15.2. The second-order valence-electron chi connectivity index (χ2n) is 6.18. The molecule has 1 fully saturated rings. The lowest BCUT2D eigenvalue weighted by Crippen LogP contribution is -2.49. The lowest BCUT2D eigenvalue weighted by molar-refractivity contribution is 0.0694. The van der Waals surface area contributed by atoms with Crippen molar-refractivity contribution >= 4 is 22.6 Å². The van der Waals surface area contributed by atoms with E-state index in [1.165, 1.54) is 4.57 Å². The maximum absolute atomic E-state index is 15.2. The molecule has 0 aliphatic carbocycles. The van der Waals surface area contributed by atoms with Gasteiger partial charge in [0, 0.05) is 38.4 Å². The molecule has 1 unspecified atom stereocenters. The minimum atomic E-state index is -1.42. The summed E-state index contributed by atoms with van der Waals surface area (Å²) in [4.78, 5) is 25.2. The number of anilines is 1. The van der Waals surface area contributed by atoms with Crippen LogP contribution in [0.25, 0.3) is 10.9 Å². The van der Waals surface area contributed by atoms with Gasteiger partial charge in [-0.25, -0.2) is 13.6 Å². The molecule has 1 saturated heterocycles. The Labute approximate surface area is 153 Å². The van der Waals surface area contributed by atoms with Crippen LogP contribution in [0.15, 0.2) is 17.1 Å². The number of nitrogens with zero attached hydrogens (tertiary/aromatic N) is 2. The third-order valence-corrected chi connectivity index (χ3v) is 4.49. The highest BCUT2D eigenvalue weighted by Crippen LogP contribution is 2.30. The standard InChI is InChI=1S/C17H19F2N3O3.2H2O/c1-3-21-8-11(17(24)25)16(23)10-6-12(18)15(13(19)14(10)21)22-5-4-20-9(2)7-22;;/h6,8-9,20H,3-5,7H2,1-2H3,(H,24,25);2*1H2. The Bertz CT molecular complexity index is 916. The molecule has 0 bridgehead atoms. The quantitative estimate of drug-likeness (QED) is 0.772. The fourth-order valence-corrected chi connectivity index (χ4v) is 3.30. The number of rotatable bonds is 3. The summed E-state index contributed by atoms with van der Waals surface area (Å²) in [6, 6.07) is 1.02. The first-order valence-corrected chi connectivity index (χ1v) is 8.11. The van der Waals surface area contributed by atoms with Gasteiger partial charge in [-0.05, 0) is 19.9 Å². The number of aromatic nitrogens is 1. The third-order valence-electron chi connectivity index (χ3n) is 4.49. The van der Waals surface area contributed by atoms with Crippen molar-refractivity contribution in [3.05, 3.63) is 39.7 Å². The van der Waals surface area contributed by atoms with Gasteiger partial charge >= 0.3 is 5.97 Å². The fraction of sp³-hybridized carbons (Fsp3) is 0.412. The molecular weight excluding hydrogens is 364 g/mol. The van der Waals surface area contributed by atoms with Gasteiger partial charge in [-0.1, -0.05) is 0 Å². The molecule has 0 spiro atoms. The van der Waals surface area contributed by atoms with Gasteiger partial charge in [0.1, 0.15) is 17.1 Å². The summed E-state index contributed by atoms with van der Waals surface area (Å²) in [6.45, 7) is 5.33. The largest absolute Gasteiger partial charge is 0.477 e. The van der Waals surface area contributed by atoms with Gasteiger partial charge in [0.25, 0.3) is 0 Å². The molecule has 150 valence electrons. The fourth-order valence-electron chi connectivity index (χ4n) is 3.30. The highest BCUT2D eigenvalue weighted by atomic mass is 19.1. The Morgan fingerprint density at radius 2 is 2.04 bits per heavy atom. The zero-order chi connectivity index (χ0) is 18.3. The molecule has 10 heteroatoms. The number of hydrogen-bond acceptors (Lipinski definition) is 4. The summed E-state index contributed by atoms with van der Waals surface area (Å²) in [5, 5.41) is 12.1. The van der Waals surface area contributed by atoms with Crippen LogP contribution >= 0.6 is 0 Å². The van der Waals surface area contributed by atoms with Crippen LogP contribution < -0.4 is 15.6 Å². The number of benzene rings is 1. The molecule has 8 nitrogen and oxygen atoms in total. The Kier molecular flexibility index (Phi) is 7.01. The molecule has 0 amide bonds. The number of fused-ring (bicyclic) bond motifs is 1. The van der Waals surface area contributed by atoms with E-state index in [4.69, 9.17) is 5.11 Å². The summed E-state index contributed by atoms with van der Waals surface area (Å²) in [5.74, 6) is -3.11. The van der Waals surface area contributed by atoms with Crippen LogP contribution in [-0.4, -0.2) is 52.3 Å². The Morgan fingerprint density at radius 1 is 1.37 bits per heavy atom. The Hall–Kier alpha value is -2.56. The first-order chi connectivity index (χ1) is 11.8. The van der Waals surface area contributed by atoms with Crippen molar-refractivity contribution in [2.45, 2.75) is 26.4 Å². The van der Waals surface area contributed by atoms with E-state index >= 15 is 4.39 Å². The topological polar surface area (TPSA) is 138 Å². The van der Waals surface area contributed by atoms with E-state index in [1.807, 2.05) is 6.92 Å². The van der Waals surface area contributed by atoms with Crippen molar-refractivity contribution in [3.8, 4) is 0 Å². The van der Waals surface area contributed by atoms with Crippen LogP contribution in [0.1, 0.15) is 24.2 Å². The summed E-state index contributed by atoms with van der Waals surface area (Å²) < 4.78 is 31.2. The number of carboxylic acid groups (broad SMARTS) is 1. The highest BCUT2D eigenvalue weighted by molar-refractivity contribution is 5.93. The van der Waals surface area contributed by atoms with Crippen molar-refractivity contribution in [3.63, 3.8) is 0 Å². The molecule has 1 aromatic carbocycles. The van der Waals surface area contributed by atoms with E-state index in [0.717, 1.165) is 12.3 Å². The number of pyridine rings is 1. The van der Waals surface area contributed by atoms with Crippen molar-refractivity contribution in [2.75, 3.05) is 24.5 Å². The van der Waals surface area contributed by atoms with Crippen molar-refractivity contribution in [2.24, 2.45) is 0 Å². The molecule has 3 rings (SSSR count). The Balaban J connectivity index is 0.00000182. The van der Waals surface area contributed by atoms with Crippen LogP contribution in [0.3, 0.4) is 0 Å². The number of aromatic carboxylic acids is 1. The molecule has 0 saturated carbocycles.